The minimum Gasteiger partial charge on any atom is -0.491 e. The largest absolute Gasteiger partial charge is 0.491 e. The molecule has 0 unspecified atom stereocenters. The summed E-state index contributed by atoms with van der Waals surface area (Å²) in [6.07, 6.45) is 2.53. The summed E-state index contributed by atoms with van der Waals surface area (Å²) in [5, 5.41) is 9.81. The van der Waals surface area contributed by atoms with Crippen molar-refractivity contribution in [1.29, 1.82) is 0 Å². The van der Waals surface area contributed by atoms with Gasteiger partial charge in [0.15, 0.2) is 5.82 Å². The number of halogens is 1. The molecule has 10 nitrogen and oxygen atoms in total. The van der Waals surface area contributed by atoms with Crippen LogP contribution in [-0.2, 0) is 28.0 Å². The first kappa shape index (κ1) is 27.2. The van der Waals surface area contributed by atoms with E-state index in [0.717, 1.165) is 29.5 Å². The van der Waals surface area contributed by atoms with E-state index >= 15 is 0 Å². The monoisotopic (exact) mass is 557 g/mol. The summed E-state index contributed by atoms with van der Waals surface area (Å²) in [5.41, 5.74) is 0.878. The van der Waals surface area contributed by atoms with Gasteiger partial charge in [-0.2, -0.15) is 5.10 Å². The van der Waals surface area contributed by atoms with Gasteiger partial charge in [-0.05, 0) is 45.2 Å². The maximum absolute atomic E-state index is 14.7. The molecule has 1 aromatic carbocycles. The lowest BCUT2D eigenvalue weighted by atomic mass is 9.83. The van der Waals surface area contributed by atoms with Gasteiger partial charge in [0.05, 0.1) is 39.1 Å². The summed E-state index contributed by atoms with van der Waals surface area (Å²) in [6, 6.07) is 2.43. The van der Waals surface area contributed by atoms with Crippen molar-refractivity contribution in [1.82, 2.24) is 14.7 Å². The molecule has 0 bridgehead atoms. The molecular formula is C27H36FN5O5Si. The average Bonchev–Trinajstić information content (AvgIpc) is 3.49. The Morgan fingerprint density at radius 3 is 2.51 bits per heavy atom. The molecule has 2 aromatic rings. The van der Waals surface area contributed by atoms with Crippen LogP contribution in [0.4, 0.5) is 25.5 Å². The van der Waals surface area contributed by atoms with Gasteiger partial charge in [0.1, 0.15) is 17.3 Å². The molecule has 0 radical (unpaired) electrons. The van der Waals surface area contributed by atoms with Crippen molar-refractivity contribution in [2.75, 3.05) is 23.8 Å². The minimum absolute atomic E-state index is 0.00233. The number of hydrogen-bond donors (Lipinski definition) is 2. The number of carbonyl (C=O) groups excluding carboxylic acids is 3. The number of benzene rings is 1. The third-order valence-electron chi connectivity index (χ3n) is 8.59. The lowest BCUT2D eigenvalue weighted by Gasteiger charge is -2.48. The van der Waals surface area contributed by atoms with E-state index in [0.29, 0.717) is 30.0 Å². The van der Waals surface area contributed by atoms with E-state index in [2.05, 4.69) is 35.4 Å². The lowest BCUT2D eigenvalue weighted by Crippen LogP contribution is -2.52. The molecule has 2 aliphatic heterocycles. The first-order valence-corrected chi connectivity index (χ1v) is 17.0. The number of nitrogens with one attached hydrogen (secondary N) is 2. The molecule has 12 heteroatoms. The highest BCUT2D eigenvalue weighted by Gasteiger charge is 2.54. The van der Waals surface area contributed by atoms with Gasteiger partial charge in [-0.3, -0.25) is 4.79 Å². The molecule has 5 rings (SSSR count). The van der Waals surface area contributed by atoms with Crippen LogP contribution in [0.2, 0.25) is 24.7 Å². The van der Waals surface area contributed by atoms with Gasteiger partial charge >= 0.3 is 12.1 Å². The molecule has 3 amide bonds. The fourth-order valence-electron chi connectivity index (χ4n) is 5.94. The predicted molar refractivity (Wildman–Crippen MR) is 146 cm³/mol. The van der Waals surface area contributed by atoms with Crippen molar-refractivity contribution >= 4 is 37.6 Å². The fraction of sp³-hybridized carbons (Fsp3) is 0.556. The summed E-state index contributed by atoms with van der Waals surface area (Å²) in [4.78, 5) is 41.7. The number of carbonyl (C=O) groups is 3. The highest BCUT2D eigenvalue weighted by atomic mass is 28.3. The standard InChI is InChI=1S/C27H36FN5O5Si/c1-7-37-25(36)33-22(30-23(34)27(12-8-13-27)39(4,5)6)17-15-32(26(2,3)21(17)31-33)24(35)29-19-18(28)10-9-16-11-14-38-20(16)19/h9-10H,7-8,11-15H2,1-6H3,(H,29,35)(H,30,34). The fourth-order valence-corrected chi connectivity index (χ4v) is 8.54. The summed E-state index contributed by atoms with van der Waals surface area (Å²) in [6.45, 7) is 12.4. The van der Waals surface area contributed by atoms with Gasteiger partial charge < -0.3 is 25.0 Å². The van der Waals surface area contributed by atoms with Crippen molar-refractivity contribution in [3.8, 4) is 5.75 Å². The Hall–Kier alpha value is -3.41. The third kappa shape index (κ3) is 4.19. The van der Waals surface area contributed by atoms with Crippen LogP contribution in [-0.4, -0.2) is 54.0 Å². The van der Waals surface area contributed by atoms with Crippen LogP contribution < -0.4 is 15.4 Å². The molecule has 3 aliphatic rings. The molecule has 3 heterocycles. The molecule has 2 N–H and O–H groups in total. The van der Waals surface area contributed by atoms with Gasteiger partial charge in [0, 0.05) is 17.0 Å². The van der Waals surface area contributed by atoms with Crippen molar-refractivity contribution in [2.24, 2.45) is 0 Å². The third-order valence-corrected chi connectivity index (χ3v) is 12.2. The van der Waals surface area contributed by atoms with Gasteiger partial charge in [-0.25, -0.2) is 14.0 Å². The molecule has 1 aromatic heterocycles. The topological polar surface area (TPSA) is 115 Å². The van der Waals surface area contributed by atoms with Crippen LogP contribution in [0.25, 0.3) is 0 Å². The van der Waals surface area contributed by atoms with Crippen molar-refractivity contribution in [2.45, 2.75) is 83.2 Å². The first-order chi connectivity index (χ1) is 18.3. The van der Waals surface area contributed by atoms with Gasteiger partial charge in [-0.1, -0.05) is 32.1 Å². The highest BCUT2D eigenvalue weighted by Crippen LogP contribution is 2.56. The zero-order chi connectivity index (χ0) is 28.3. The van der Waals surface area contributed by atoms with Crippen LogP contribution in [0.1, 0.15) is 56.9 Å². The van der Waals surface area contributed by atoms with Crippen LogP contribution in [0.15, 0.2) is 12.1 Å². The second-order valence-corrected chi connectivity index (χ2v) is 17.5. The van der Waals surface area contributed by atoms with E-state index in [1.807, 2.05) is 0 Å². The number of fused-ring (bicyclic) bond motifs is 2. The second kappa shape index (κ2) is 9.35. The van der Waals surface area contributed by atoms with Gasteiger partial charge in [0.2, 0.25) is 5.91 Å². The molecule has 1 aliphatic carbocycles. The molecule has 39 heavy (non-hydrogen) atoms. The van der Waals surface area contributed by atoms with E-state index in [1.165, 1.54) is 11.0 Å². The Balaban J connectivity index is 1.48. The van der Waals surface area contributed by atoms with Gasteiger partial charge in [-0.15, -0.1) is 4.68 Å². The Labute approximate surface area is 228 Å². The average molecular weight is 558 g/mol. The maximum Gasteiger partial charge on any atom is 0.436 e. The quantitative estimate of drug-likeness (QED) is 0.473. The van der Waals surface area contributed by atoms with E-state index in [1.54, 1.807) is 26.8 Å². The Morgan fingerprint density at radius 1 is 1.18 bits per heavy atom. The zero-order valence-corrected chi connectivity index (χ0v) is 24.4. The number of hydrogen-bond acceptors (Lipinski definition) is 6. The number of aromatic nitrogens is 2. The number of anilines is 2. The number of nitrogens with zero attached hydrogens (tertiary/aromatic N) is 3. The van der Waals surface area contributed by atoms with Crippen LogP contribution >= 0.6 is 0 Å². The SMILES string of the molecule is CCOC(=O)n1nc2c(c1NC(=O)C1([Si](C)(C)C)CCC1)CN(C(=O)Nc1c(F)ccc3c1OCC3)C2(C)C. The maximum atomic E-state index is 14.7. The Morgan fingerprint density at radius 2 is 1.90 bits per heavy atom. The molecule has 1 fully saturated rings. The zero-order valence-electron chi connectivity index (χ0n) is 23.4. The van der Waals surface area contributed by atoms with Gasteiger partial charge in [0.25, 0.3) is 0 Å². The highest BCUT2D eigenvalue weighted by molar-refractivity contribution is 6.83. The molecule has 0 spiro atoms. The number of ether oxygens (including phenoxy) is 2. The summed E-state index contributed by atoms with van der Waals surface area (Å²) < 4.78 is 26.6. The molecular weight excluding hydrogens is 521 g/mol. The molecule has 0 atom stereocenters. The summed E-state index contributed by atoms with van der Waals surface area (Å²) in [5.74, 6) is -0.149. The molecule has 210 valence electrons. The summed E-state index contributed by atoms with van der Waals surface area (Å²) in [7, 11) is -1.90. The Bertz CT molecular complexity index is 1360. The smallest absolute Gasteiger partial charge is 0.436 e. The number of urea groups is 1. The molecule has 0 saturated heterocycles. The van der Waals surface area contributed by atoms with Crippen molar-refractivity contribution in [3.05, 3.63) is 34.8 Å². The second-order valence-electron chi connectivity index (χ2n) is 12.0. The first-order valence-electron chi connectivity index (χ1n) is 13.5. The van der Waals surface area contributed by atoms with Crippen LogP contribution in [0.5, 0.6) is 5.75 Å². The molecule has 1 saturated carbocycles. The predicted octanol–water partition coefficient (Wildman–Crippen LogP) is 5.45. The Kier molecular flexibility index (Phi) is 6.51. The van der Waals surface area contributed by atoms with Crippen molar-refractivity contribution in [3.63, 3.8) is 0 Å². The van der Waals surface area contributed by atoms with E-state index in [-0.39, 0.29) is 30.6 Å². The minimum atomic E-state index is -1.90. The lowest BCUT2D eigenvalue weighted by molar-refractivity contribution is -0.121. The normalized spacial score (nSPS) is 18.5. The number of rotatable bonds is 5. The van der Waals surface area contributed by atoms with E-state index in [9.17, 15) is 18.8 Å². The summed E-state index contributed by atoms with van der Waals surface area (Å²) >= 11 is 0. The van der Waals surface area contributed by atoms with E-state index in [4.69, 9.17) is 9.47 Å². The van der Waals surface area contributed by atoms with Crippen LogP contribution in [0, 0.1) is 5.82 Å². The van der Waals surface area contributed by atoms with Crippen molar-refractivity contribution < 1.29 is 28.2 Å². The van der Waals surface area contributed by atoms with E-state index < -0.39 is 36.6 Å². The number of amides is 3. The van der Waals surface area contributed by atoms with Crippen LogP contribution in [0.3, 0.4) is 0 Å².